The molecule has 0 aliphatic heterocycles. The van der Waals surface area contributed by atoms with Crippen LogP contribution in [0.3, 0.4) is 0 Å². The van der Waals surface area contributed by atoms with Gasteiger partial charge in [-0.05, 0) is 11.8 Å². The second-order valence-corrected chi connectivity index (χ2v) is 7.65. The van der Waals surface area contributed by atoms with Crippen molar-refractivity contribution >= 4 is 0 Å². The van der Waals surface area contributed by atoms with E-state index in [9.17, 15) is 0 Å². The molecule has 2 aliphatic carbocycles. The predicted octanol–water partition coefficient (Wildman–Crippen LogP) is 0.722. The summed E-state index contributed by atoms with van der Waals surface area (Å²) in [7, 11) is 0. The monoisotopic (exact) mass is 458 g/mol. The van der Waals surface area contributed by atoms with E-state index in [1.807, 2.05) is 0 Å². The van der Waals surface area contributed by atoms with Crippen LogP contribution in [0.5, 0.6) is 0 Å². The first-order valence-corrected chi connectivity index (χ1v) is 8.87. The molecule has 0 fully saturated rings. The molecule has 2 aliphatic rings. The standard InChI is InChI=1S/2C11H17.2ClH.Zr/c2*1-8(2)10-5-6-11(7-10)9(3)4;;;/h2*5,8-9H,6H2,1-4H3;2*1H;/q2*-1;;;+4/p-2. The van der Waals surface area contributed by atoms with Gasteiger partial charge in [0, 0.05) is 0 Å². The molecule has 0 aromatic carbocycles. The van der Waals surface area contributed by atoms with Crippen molar-refractivity contribution in [1.82, 2.24) is 0 Å². The summed E-state index contributed by atoms with van der Waals surface area (Å²) in [6.07, 6.45) is 13.8. The third-order valence-electron chi connectivity index (χ3n) is 4.33. The Balaban J connectivity index is -0.000000346. The quantitative estimate of drug-likeness (QED) is 0.543. The summed E-state index contributed by atoms with van der Waals surface area (Å²) >= 11 is 0. The van der Waals surface area contributed by atoms with Gasteiger partial charge >= 0.3 is 26.2 Å². The van der Waals surface area contributed by atoms with Crippen molar-refractivity contribution in [2.24, 2.45) is 23.7 Å². The van der Waals surface area contributed by atoms with Crippen LogP contribution in [0.25, 0.3) is 0 Å². The van der Waals surface area contributed by atoms with Gasteiger partial charge in [0.1, 0.15) is 0 Å². The van der Waals surface area contributed by atoms with Crippen molar-refractivity contribution in [3.63, 3.8) is 0 Å². The molecule has 0 N–H and O–H groups in total. The Morgan fingerprint density at radius 3 is 1.00 bits per heavy atom. The van der Waals surface area contributed by atoms with Gasteiger partial charge in [0.05, 0.1) is 0 Å². The SMILES string of the molecule is CC(C)C1=[C-]C(C(C)C)=CC1.CC(C)C1=[C-]C(C(C)C)=CC1.[Cl-].[Cl-].[Zr+4]. The van der Waals surface area contributed by atoms with Crippen molar-refractivity contribution in [2.75, 3.05) is 0 Å². The van der Waals surface area contributed by atoms with Crippen LogP contribution in [0.2, 0.25) is 0 Å². The van der Waals surface area contributed by atoms with Crippen molar-refractivity contribution < 1.29 is 51.0 Å². The maximum absolute atomic E-state index is 3.47. The van der Waals surface area contributed by atoms with Crippen LogP contribution in [0.1, 0.15) is 68.2 Å². The average molecular weight is 461 g/mol. The molecule has 0 nitrogen and oxygen atoms in total. The van der Waals surface area contributed by atoms with Gasteiger partial charge in [-0.25, -0.2) is 35.5 Å². The molecule has 0 unspecified atom stereocenters. The van der Waals surface area contributed by atoms with Gasteiger partial charge in [0.15, 0.2) is 0 Å². The van der Waals surface area contributed by atoms with Gasteiger partial charge in [-0.15, -0.1) is 0 Å². The molecule has 0 atom stereocenters. The van der Waals surface area contributed by atoms with Crippen LogP contribution in [-0.2, 0) is 26.2 Å². The minimum Gasteiger partial charge on any atom is -1.00 e. The molecule has 0 heterocycles. The Morgan fingerprint density at radius 2 is 0.880 bits per heavy atom. The molecular weight excluding hydrogens is 426 g/mol. The largest absolute Gasteiger partial charge is 4.00 e. The maximum Gasteiger partial charge on any atom is 4.00 e. The van der Waals surface area contributed by atoms with Gasteiger partial charge in [-0.1, -0.05) is 80.1 Å². The summed E-state index contributed by atoms with van der Waals surface area (Å²) in [6.45, 7) is 17.8. The third-order valence-corrected chi connectivity index (χ3v) is 4.33. The van der Waals surface area contributed by atoms with Crippen molar-refractivity contribution in [3.05, 3.63) is 46.6 Å². The normalized spacial score (nSPS) is 15.5. The van der Waals surface area contributed by atoms with E-state index in [-0.39, 0.29) is 51.0 Å². The summed E-state index contributed by atoms with van der Waals surface area (Å²) in [6, 6.07) is 0. The van der Waals surface area contributed by atoms with E-state index < -0.39 is 0 Å². The Bertz CT molecular complexity index is 446. The third kappa shape index (κ3) is 10.4. The van der Waals surface area contributed by atoms with Crippen molar-refractivity contribution in [1.29, 1.82) is 0 Å². The zero-order valence-corrected chi connectivity index (χ0v) is 21.1. The summed E-state index contributed by atoms with van der Waals surface area (Å²) in [5, 5.41) is 0. The second kappa shape index (κ2) is 14.5. The van der Waals surface area contributed by atoms with Gasteiger partial charge in [-0.2, -0.15) is 11.1 Å². The topological polar surface area (TPSA) is 0 Å². The van der Waals surface area contributed by atoms with E-state index in [4.69, 9.17) is 0 Å². The molecule has 0 spiro atoms. The van der Waals surface area contributed by atoms with Crippen molar-refractivity contribution in [2.45, 2.75) is 68.2 Å². The van der Waals surface area contributed by atoms with Crippen LogP contribution in [0.4, 0.5) is 0 Å². The fourth-order valence-electron chi connectivity index (χ4n) is 2.53. The minimum atomic E-state index is 0. The van der Waals surface area contributed by atoms with Gasteiger partial charge in [-0.3, -0.25) is 0 Å². The van der Waals surface area contributed by atoms with E-state index in [1.54, 1.807) is 0 Å². The molecule has 25 heavy (non-hydrogen) atoms. The Morgan fingerprint density at radius 1 is 0.600 bits per heavy atom. The molecular formula is C22H34Cl2Zr. The van der Waals surface area contributed by atoms with E-state index >= 15 is 0 Å². The summed E-state index contributed by atoms with van der Waals surface area (Å²) in [4.78, 5) is 0. The van der Waals surface area contributed by atoms with E-state index in [2.05, 4.69) is 79.7 Å². The molecule has 0 aromatic heterocycles. The van der Waals surface area contributed by atoms with Crippen LogP contribution in [0.15, 0.2) is 34.4 Å². The van der Waals surface area contributed by atoms with Crippen LogP contribution >= 0.6 is 0 Å². The number of hydrogen-bond donors (Lipinski definition) is 0. The number of allylic oxidation sites excluding steroid dienone is 8. The van der Waals surface area contributed by atoms with E-state index in [0.29, 0.717) is 23.7 Å². The fourth-order valence-corrected chi connectivity index (χ4v) is 2.53. The first-order chi connectivity index (χ1) is 10.2. The first kappa shape index (κ1) is 30.2. The molecule has 0 radical (unpaired) electrons. The zero-order valence-electron chi connectivity index (χ0n) is 17.1. The molecule has 140 valence electrons. The van der Waals surface area contributed by atoms with Crippen LogP contribution in [-0.4, -0.2) is 0 Å². The maximum atomic E-state index is 3.47. The summed E-state index contributed by atoms with van der Waals surface area (Å²) < 4.78 is 0. The van der Waals surface area contributed by atoms with E-state index in [0.717, 1.165) is 12.8 Å². The smallest absolute Gasteiger partial charge is 1.00 e. The predicted molar refractivity (Wildman–Crippen MR) is 98.3 cm³/mol. The molecule has 0 saturated heterocycles. The molecule has 3 heteroatoms. The van der Waals surface area contributed by atoms with Crippen LogP contribution in [0, 0.1) is 35.8 Å². The van der Waals surface area contributed by atoms with Crippen LogP contribution < -0.4 is 24.8 Å². The average Bonchev–Trinajstić information content (AvgIpc) is 3.09. The van der Waals surface area contributed by atoms with Gasteiger partial charge in [0.25, 0.3) is 0 Å². The Labute approximate surface area is 188 Å². The minimum absolute atomic E-state index is 0. The number of rotatable bonds is 4. The van der Waals surface area contributed by atoms with E-state index in [1.165, 1.54) is 22.3 Å². The first-order valence-electron chi connectivity index (χ1n) is 8.87. The molecule has 0 aromatic rings. The second-order valence-electron chi connectivity index (χ2n) is 7.65. The zero-order chi connectivity index (χ0) is 16.9. The molecule has 2 rings (SSSR count). The Kier molecular flexibility index (Phi) is 17.5. The molecule has 0 amide bonds. The number of hydrogen-bond acceptors (Lipinski definition) is 0. The van der Waals surface area contributed by atoms with Crippen molar-refractivity contribution in [3.8, 4) is 0 Å². The Hall–Kier alpha value is 0.423. The summed E-state index contributed by atoms with van der Waals surface area (Å²) in [5.41, 5.74) is 5.73. The number of halogens is 2. The van der Waals surface area contributed by atoms with Gasteiger partial charge < -0.3 is 24.8 Å². The van der Waals surface area contributed by atoms with Gasteiger partial charge in [0.2, 0.25) is 0 Å². The molecule has 0 saturated carbocycles. The fraction of sp³-hybridized carbons (Fsp3) is 0.636. The molecule has 0 bridgehead atoms. The summed E-state index contributed by atoms with van der Waals surface area (Å²) in [5.74, 6) is 2.63.